The summed E-state index contributed by atoms with van der Waals surface area (Å²) in [5.74, 6) is -0.872. The van der Waals surface area contributed by atoms with Crippen molar-refractivity contribution in [2.75, 3.05) is 0 Å². The minimum absolute atomic E-state index is 0.618. The monoisotopic (exact) mass is 271 g/mol. The first kappa shape index (κ1) is 18.4. The number of hydrogen-bond donors (Lipinski definition) is 2. The Balaban J connectivity index is 3.05. The predicted octanol–water partition coefficient (Wildman–Crippen LogP) is 4.49. The summed E-state index contributed by atoms with van der Waals surface area (Å²) in [4.78, 5) is 10.5. The molecular formula is C16H33NO2. The Morgan fingerprint density at radius 1 is 0.842 bits per heavy atom. The molecule has 0 rings (SSSR count). The van der Waals surface area contributed by atoms with E-state index in [9.17, 15) is 4.79 Å². The van der Waals surface area contributed by atoms with Crippen LogP contribution in [0.25, 0.3) is 0 Å². The van der Waals surface area contributed by atoms with Crippen LogP contribution in [0.15, 0.2) is 0 Å². The van der Waals surface area contributed by atoms with Crippen molar-refractivity contribution in [3.05, 3.63) is 0 Å². The third-order valence-corrected chi connectivity index (χ3v) is 3.69. The van der Waals surface area contributed by atoms with Gasteiger partial charge in [0.2, 0.25) is 0 Å². The zero-order valence-corrected chi connectivity index (χ0v) is 12.7. The maximum atomic E-state index is 10.5. The number of rotatable bonds is 14. The molecule has 0 aromatic rings. The van der Waals surface area contributed by atoms with Gasteiger partial charge in [0, 0.05) is 0 Å². The van der Waals surface area contributed by atoms with Gasteiger partial charge in [0.25, 0.3) is 0 Å². The Labute approximate surface area is 119 Å². The summed E-state index contributed by atoms with van der Waals surface area (Å²) in [5.41, 5.74) is 5.45. The van der Waals surface area contributed by atoms with Gasteiger partial charge in [-0.1, -0.05) is 84.0 Å². The van der Waals surface area contributed by atoms with E-state index in [1.54, 1.807) is 0 Å². The fourth-order valence-corrected chi connectivity index (χ4v) is 2.33. The van der Waals surface area contributed by atoms with Gasteiger partial charge in [-0.2, -0.15) is 0 Å². The first-order chi connectivity index (χ1) is 9.18. The Kier molecular flexibility index (Phi) is 13.4. The van der Waals surface area contributed by atoms with E-state index >= 15 is 0 Å². The molecule has 0 spiro atoms. The Morgan fingerprint density at radius 2 is 1.21 bits per heavy atom. The normalized spacial score (nSPS) is 12.5. The Morgan fingerprint density at radius 3 is 1.58 bits per heavy atom. The van der Waals surface area contributed by atoms with Gasteiger partial charge in [0.05, 0.1) is 0 Å². The standard InChI is InChI=1S/C16H33NO2/c1-2-3-4-5-6-7-8-9-10-11-12-13-14-15(17)16(18)19/h15H,2-14,17H2,1H3,(H,18,19). The van der Waals surface area contributed by atoms with Crippen molar-refractivity contribution in [3.8, 4) is 0 Å². The summed E-state index contributed by atoms with van der Waals surface area (Å²) in [5, 5.41) is 8.63. The third-order valence-electron chi connectivity index (χ3n) is 3.69. The molecule has 0 amide bonds. The average molecular weight is 271 g/mol. The molecule has 0 radical (unpaired) electrons. The van der Waals surface area contributed by atoms with Crippen LogP contribution in [0.5, 0.6) is 0 Å². The van der Waals surface area contributed by atoms with Crippen LogP contribution in [0, 0.1) is 0 Å². The number of carboxylic acid groups (broad SMARTS) is 1. The second-order valence-electron chi connectivity index (χ2n) is 5.62. The van der Waals surface area contributed by atoms with E-state index < -0.39 is 12.0 Å². The molecule has 0 aliphatic rings. The van der Waals surface area contributed by atoms with Crippen molar-refractivity contribution in [1.82, 2.24) is 0 Å². The van der Waals surface area contributed by atoms with Crippen LogP contribution in [0.1, 0.15) is 90.4 Å². The summed E-state index contributed by atoms with van der Waals surface area (Å²) in [7, 11) is 0. The fraction of sp³-hybridized carbons (Fsp3) is 0.938. The van der Waals surface area contributed by atoms with E-state index in [0.29, 0.717) is 6.42 Å². The van der Waals surface area contributed by atoms with Crippen molar-refractivity contribution in [2.24, 2.45) is 5.73 Å². The zero-order chi connectivity index (χ0) is 14.3. The first-order valence-electron chi connectivity index (χ1n) is 8.17. The second-order valence-corrected chi connectivity index (χ2v) is 5.62. The molecule has 0 aliphatic carbocycles. The molecule has 114 valence electrons. The summed E-state index contributed by atoms with van der Waals surface area (Å²) in [6.07, 6.45) is 16.2. The van der Waals surface area contributed by atoms with Gasteiger partial charge in [-0.05, 0) is 6.42 Å². The minimum atomic E-state index is -0.872. The molecule has 19 heavy (non-hydrogen) atoms. The van der Waals surface area contributed by atoms with Crippen LogP contribution in [0.2, 0.25) is 0 Å². The van der Waals surface area contributed by atoms with Crippen molar-refractivity contribution in [2.45, 2.75) is 96.4 Å². The van der Waals surface area contributed by atoms with Crippen molar-refractivity contribution in [3.63, 3.8) is 0 Å². The second kappa shape index (κ2) is 13.9. The van der Waals surface area contributed by atoms with Crippen LogP contribution in [0.3, 0.4) is 0 Å². The molecule has 3 N–H and O–H groups in total. The first-order valence-corrected chi connectivity index (χ1v) is 8.17. The summed E-state index contributed by atoms with van der Waals surface area (Å²) < 4.78 is 0. The van der Waals surface area contributed by atoms with Gasteiger partial charge in [-0.15, -0.1) is 0 Å². The highest BCUT2D eigenvalue weighted by molar-refractivity contribution is 5.72. The molecule has 0 aromatic heterocycles. The maximum absolute atomic E-state index is 10.5. The summed E-state index contributed by atoms with van der Waals surface area (Å²) >= 11 is 0. The number of carbonyl (C=O) groups is 1. The Bertz CT molecular complexity index is 207. The number of nitrogens with two attached hydrogens (primary N) is 1. The van der Waals surface area contributed by atoms with Crippen molar-refractivity contribution < 1.29 is 9.90 Å². The van der Waals surface area contributed by atoms with Crippen LogP contribution in [-0.4, -0.2) is 17.1 Å². The number of hydrogen-bond acceptors (Lipinski definition) is 2. The molecular weight excluding hydrogens is 238 g/mol. The van der Waals surface area contributed by atoms with E-state index in [-0.39, 0.29) is 0 Å². The van der Waals surface area contributed by atoms with Crippen LogP contribution in [0.4, 0.5) is 0 Å². The van der Waals surface area contributed by atoms with Gasteiger partial charge < -0.3 is 10.8 Å². The topological polar surface area (TPSA) is 63.3 Å². The average Bonchev–Trinajstić information content (AvgIpc) is 2.39. The molecule has 0 aromatic carbocycles. The smallest absolute Gasteiger partial charge is 0.320 e. The molecule has 0 saturated heterocycles. The molecule has 1 unspecified atom stereocenters. The van der Waals surface area contributed by atoms with Crippen LogP contribution < -0.4 is 5.73 Å². The molecule has 1 atom stereocenters. The highest BCUT2D eigenvalue weighted by atomic mass is 16.4. The lowest BCUT2D eigenvalue weighted by molar-refractivity contribution is -0.138. The number of unbranched alkanes of at least 4 members (excludes halogenated alkanes) is 11. The lowest BCUT2D eigenvalue weighted by atomic mass is 10.0. The van der Waals surface area contributed by atoms with E-state index in [2.05, 4.69) is 6.92 Å². The van der Waals surface area contributed by atoms with Crippen molar-refractivity contribution >= 4 is 5.97 Å². The Hall–Kier alpha value is -0.570. The fourth-order valence-electron chi connectivity index (χ4n) is 2.33. The molecule has 0 aliphatic heterocycles. The van der Waals surface area contributed by atoms with Gasteiger partial charge in [0.15, 0.2) is 0 Å². The molecule has 3 heteroatoms. The van der Waals surface area contributed by atoms with E-state index in [1.165, 1.54) is 64.2 Å². The molecule has 3 nitrogen and oxygen atoms in total. The van der Waals surface area contributed by atoms with Gasteiger partial charge in [0.1, 0.15) is 6.04 Å². The molecule has 0 fully saturated rings. The van der Waals surface area contributed by atoms with Crippen LogP contribution in [-0.2, 0) is 4.79 Å². The maximum Gasteiger partial charge on any atom is 0.320 e. The number of aliphatic carboxylic acids is 1. The van der Waals surface area contributed by atoms with E-state index in [0.717, 1.165) is 12.8 Å². The number of carboxylic acids is 1. The summed E-state index contributed by atoms with van der Waals surface area (Å²) in [6, 6.07) is -0.664. The molecule has 0 bridgehead atoms. The predicted molar refractivity (Wildman–Crippen MR) is 81.3 cm³/mol. The van der Waals surface area contributed by atoms with Crippen LogP contribution >= 0.6 is 0 Å². The van der Waals surface area contributed by atoms with Gasteiger partial charge >= 0.3 is 5.97 Å². The lowest BCUT2D eigenvalue weighted by Gasteiger charge is -2.05. The van der Waals surface area contributed by atoms with Crippen molar-refractivity contribution in [1.29, 1.82) is 0 Å². The quantitative estimate of drug-likeness (QED) is 0.457. The molecule has 0 saturated carbocycles. The lowest BCUT2D eigenvalue weighted by Crippen LogP contribution is -2.29. The molecule has 0 heterocycles. The van der Waals surface area contributed by atoms with Gasteiger partial charge in [-0.3, -0.25) is 4.79 Å². The highest BCUT2D eigenvalue weighted by Crippen LogP contribution is 2.12. The SMILES string of the molecule is CCCCCCCCCCCCCCC(N)C(=O)O. The van der Waals surface area contributed by atoms with E-state index in [1.807, 2.05) is 0 Å². The highest BCUT2D eigenvalue weighted by Gasteiger charge is 2.09. The van der Waals surface area contributed by atoms with Gasteiger partial charge in [-0.25, -0.2) is 0 Å². The zero-order valence-electron chi connectivity index (χ0n) is 12.7. The van der Waals surface area contributed by atoms with E-state index in [4.69, 9.17) is 10.8 Å². The largest absolute Gasteiger partial charge is 0.480 e. The minimum Gasteiger partial charge on any atom is -0.480 e. The summed E-state index contributed by atoms with van der Waals surface area (Å²) in [6.45, 7) is 2.25. The third kappa shape index (κ3) is 13.7.